The first-order valence-electron chi connectivity index (χ1n) is 8.80. The second-order valence-corrected chi connectivity index (χ2v) is 6.87. The summed E-state index contributed by atoms with van der Waals surface area (Å²) < 4.78 is 0. The lowest BCUT2D eigenvalue weighted by Crippen LogP contribution is -2.12. The van der Waals surface area contributed by atoms with Crippen molar-refractivity contribution in [1.82, 2.24) is 0 Å². The van der Waals surface area contributed by atoms with E-state index in [1.54, 1.807) is 13.0 Å². The van der Waals surface area contributed by atoms with E-state index >= 15 is 0 Å². The van der Waals surface area contributed by atoms with Gasteiger partial charge in [0, 0.05) is 17.5 Å². The molecule has 0 saturated heterocycles. The average Bonchev–Trinajstić information content (AvgIpc) is 2.50. The molecule has 0 fully saturated rings. The molecule has 0 aliphatic rings. The van der Waals surface area contributed by atoms with Crippen LogP contribution in [0, 0.1) is 0 Å². The van der Waals surface area contributed by atoms with Gasteiger partial charge in [-0.1, -0.05) is 43.6 Å². The van der Waals surface area contributed by atoms with E-state index in [0.717, 1.165) is 36.8 Å². The van der Waals surface area contributed by atoms with Crippen LogP contribution >= 0.6 is 0 Å². The minimum absolute atomic E-state index is 0.0558. The minimum atomic E-state index is -0.774. The van der Waals surface area contributed by atoms with E-state index in [1.807, 2.05) is 13.8 Å². The molecule has 3 N–H and O–H groups in total. The lowest BCUT2D eigenvalue weighted by Gasteiger charge is -2.18. The first-order valence-corrected chi connectivity index (χ1v) is 8.80. The second-order valence-electron chi connectivity index (χ2n) is 6.87. The van der Waals surface area contributed by atoms with Gasteiger partial charge in [0.25, 0.3) is 0 Å². The van der Waals surface area contributed by atoms with E-state index in [-0.39, 0.29) is 17.9 Å². The van der Waals surface area contributed by atoms with E-state index in [1.165, 1.54) is 5.57 Å². The maximum Gasteiger partial charge on any atom is 0.126 e. The van der Waals surface area contributed by atoms with Crippen LogP contribution in [0.4, 0.5) is 0 Å². The van der Waals surface area contributed by atoms with Gasteiger partial charge >= 0.3 is 0 Å². The largest absolute Gasteiger partial charge is 0.508 e. The van der Waals surface area contributed by atoms with Crippen molar-refractivity contribution >= 4 is 0 Å². The van der Waals surface area contributed by atoms with Gasteiger partial charge in [0.15, 0.2) is 0 Å². The predicted molar refractivity (Wildman–Crippen MR) is 101 cm³/mol. The fourth-order valence-electron chi connectivity index (χ4n) is 2.69. The lowest BCUT2D eigenvalue weighted by molar-refractivity contribution is 0.209. The summed E-state index contributed by atoms with van der Waals surface area (Å²) in [7, 11) is 0. The molecule has 0 saturated carbocycles. The number of phenolic OH excluding ortho intramolecular Hbond substituents is 2. The molecule has 134 valence electrons. The Morgan fingerprint density at radius 3 is 2.38 bits per heavy atom. The summed E-state index contributed by atoms with van der Waals surface area (Å²) in [5.41, 5.74) is 4.05. The number of aromatic hydroxyl groups is 2. The monoisotopic (exact) mass is 332 g/mol. The third-order valence-electron chi connectivity index (χ3n) is 4.31. The summed E-state index contributed by atoms with van der Waals surface area (Å²) in [5, 5.41) is 31.1. The van der Waals surface area contributed by atoms with Crippen molar-refractivity contribution < 1.29 is 15.3 Å². The highest BCUT2D eigenvalue weighted by Crippen LogP contribution is 2.36. The molecule has 0 aromatic heterocycles. The Hall–Kier alpha value is -1.74. The number of aliphatic hydroxyl groups excluding tert-OH is 1. The Bertz CT molecular complexity index is 596. The van der Waals surface area contributed by atoms with Gasteiger partial charge in [-0.15, -0.1) is 0 Å². The zero-order valence-electron chi connectivity index (χ0n) is 15.5. The Kier molecular flexibility index (Phi) is 8.06. The van der Waals surface area contributed by atoms with Crippen LogP contribution in [0.25, 0.3) is 0 Å². The highest BCUT2D eigenvalue weighted by atomic mass is 16.3. The number of unbranched alkanes of at least 4 members (excludes halogenated alkanes) is 2. The number of benzene rings is 1. The quantitative estimate of drug-likeness (QED) is 0.449. The number of rotatable bonds is 9. The first kappa shape index (κ1) is 20.3. The summed E-state index contributed by atoms with van der Waals surface area (Å²) >= 11 is 0. The fraction of sp³-hybridized carbons (Fsp3) is 0.524. The lowest BCUT2D eigenvalue weighted by atomic mass is 9.91. The fourth-order valence-corrected chi connectivity index (χ4v) is 2.69. The SMILES string of the molecule is C=C(C)C(O)Cc1c(O)cc(CCCCC)c(CC=C(C)C)c1O. The molecule has 3 nitrogen and oxygen atoms in total. The van der Waals surface area contributed by atoms with E-state index in [4.69, 9.17) is 0 Å². The standard InChI is InChI=1S/C21H32O3/c1-6-7-8-9-16-12-20(23)18(13-19(22)15(4)5)21(24)17(16)11-10-14(2)3/h10,12,19,22-24H,4,6-9,11,13H2,1-3,5H3. The molecule has 0 bridgehead atoms. The Morgan fingerprint density at radius 2 is 1.83 bits per heavy atom. The van der Waals surface area contributed by atoms with Gasteiger partial charge in [-0.3, -0.25) is 0 Å². The van der Waals surface area contributed by atoms with Crippen molar-refractivity contribution in [3.8, 4) is 11.5 Å². The number of aliphatic hydroxyl groups is 1. The highest BCUT2D eigenvalue weighted by molar-refractivity contribution is 5.54. The van der Waals surface area contributed by atoms with Crippen LogP contribution in [0.1, 0.15) is 63.6 Å². The molecule has 24 heavy (non-hydrogen) atoms. The number of allylic oxidation sites excluding steroid dienone is 2. The van der Waals surface area contributed by atoms with Gasteiger partial charge in [0.1, 0.15) is 11.5 Å². The van der Waals surface area contributed by atoms with Crippen LogP contribution in [-0.2, 0) is 19.3 Å². The number of aryl methyl sites for hydroxylation is 1. The van der Waals surface area contributed by atoms with Crippen molar-refractivity contribution in [2.45, 2.75) is 72.3 Å². The van der Waals surface area contributed by atoms with E-state index in [0.29, 0.717) is 17.6 Å². The molecule has 0 spiro atoms. The first-order chi connectivity index (χ1) is 11.3. The van der Waals surface area contributed by atoms with E-state index in [2.05, 4.69) is 19.6 Å². The van der Waals surface area contributed by atoms with Gasteiger partial charge in [0.2, 0.25) is 0 Å². The maximum absolute atomic E-state index is 10.7. The van der Waals surface area contributed by atoms with Crippen LogP contribution in [0.5, 0.6) is 11.5 Å². The normalized spacial score (nSPS) is 12.0. The molecule has 1 atom stereocenters. The highest BCUT2D eigenvalue weighted by Gasteiger charge is 2.19. The molecule has 0 aliphatic heterocycles. The van der Waals surface area contributed by atoms with Crippen LogP contribution in [0.3, 0.4) is 0 Å². The molecular formula is C21H32O3. The van der Waals surface area contributed by atoms with E-state index in [9.17, 15) is 15.3 Å². The van der Waals surface area contributed by atoms with Crippen LogP contribution in [0.2, 0.25) is 0 Å². The zero-order valence-corrected chi connectivity index (χ0v) is 15.5. The summed E-state index contributed by atoms with van der Waals surface area (Å²) in [5.74, 6) is 0.166. The summed E-state index contributed by atoms with van der Waals surface area (Å²) in [6.07, 6.45) is 6.23. The summed E-state index contributed by atoms with van der Waals surface area (Å²) in [6.45, 7) is 11.7. The van der Waals surface area contributed by atoms with Crippen LogP contribution in [-0.4, -0.2) is 21.4 Å². The molecule has 1 aromatic carbocycles. The summed E-state index contributed by atoms with van der Waals surface area (Å²) in [4.78, 5) is 0. The van der Waals surface area contributed by atoms with Gasteiger partial charge in [0.05, 0.1) is 6.10 Å². The topological polar surface area (TPSA) is 60.7 Å². The van der Waals surface area contributed by atoms with Crippen molar-refractivity contribution in [1.29, 1.82) is 0 Å². The van der Waals surface area contributed by atoms with E-state index < -0.39 is 6.10 Å². The van der Waals surface area contributed by atoms with Gasteiger partial charge in [-0.05, 0) is 51.7 Å². The van der Waals surface area contributed by atoms with Crippen molar-refractivity contribution in [3.05, 3.63) is 46.6 Å². The Morgan fingerprint density at radius 1 is 1.17 bits per heavy atom. The van der Waals surface area contributed by atoms with Crippen molar-refractivity contribution in [2.75, 3.05) is 0 Å². The number of phenols is 2. The van der Waals surface area contributed by atoms with Gasteiger partial charge < -0.3 is 15.3 Å². The minimum Gasteiger partial charge on any atom is -0.508 e. The number of hydrogen-bond donors (Lipinski definition) is 3. The smallest absolute Gasteiger partial charge is 0.126 e. The van der Waals surface area contributed by atoms with Crippen molar-refractivity contribution in [3.63, 3.8) is 0 Å². The maximum atomic E-state index is 10.7. The molecule has 3 heteroatoms. The third-order valence-corrected chi connectivity index (χ3v) is 4.31. The molecule has 0 aliphatic carbocycles. The van der Waals surface area contributed by atoms with Gasteiger partial charge in [-0.25, -0.2) is 0 Å². The number of hydrogen-bond acceptors (Lipinski definition) is 3. The Balaban J connectivity index is 3.25. The van der Waals surface area contributed by atoms with Crippen LogP contribution < -0.4 is 0 Å². The summed E-state index contributed by atoms with van der Waals surface area (Å²) in [6, 6.07) is 1.75. The molecule has 0 radical (unpaired) electrons. The molecular weight excluding hydrogens is 300 g/mol. The molecule has 0 heterocycles. The molecule has 1 aromatic rings. The molecule has 1 unspecified atom stereocenters. The molecule has 1 rings (SSSR count). The van der Waals surface area contributed by atoms with Crippen LogP contribution in [0.15, 0.2) is 29.9 Å². The Labute approximate surface area is 146 Å². The predicted octanol–water partition coefficient (Wildman–Crippen LogP) is 4.82. The third kappa shape index (κ3) is 5.72. The second kappa shape index (κ2) is 9.53. The van der Waals surface area contributed by atoms with Gasteiger partial charge in [-0.2, -0.15) is 0 Å². The van der Waals surface area contributed by atoms with Crippen molar-refractivity contribution in [2.24, 2.45) is 0 Å². The zero-order chi connectivity index (χ0) is 18.3. The average molecular weight is 332 g/mol. The molecule has 0 amide bonds.